The van der Waals surface area contributed by atoms with Crippen LogP contribution in [-0.4, -0.2) is 9.55 Å². The van der Waals surface area contributed by atoms with E-state index in [9.17, 15) is 0 Å². The highest BCUT2D eigenvalue weighted by Gasteiger charge is 2.08. The summed E-state index contributed by atoms with van der Waals surface area (Å²) in [5.41, 5.74) is 0. The third-order valence-corrected chi connectivity index (χ3v) is 2.47. The molecule has 2 nitrogen and oxygen atoms in total. The minimum absolute atomic E-state index is 0.527. The van der Waals surface area contributed by atoms with E-state index in [1.807, 2.05) is 6.20 Å². The van der Waals surface area contributed by atoms with Gasteiger partial charge in [-0.1, -0.05) is 34.1 Å². The van der Waals surface area contributed by atoms with Crippen molar-refractivity contribution in [1.82, 2.24) is 9.55 Å². The van der Waals surface area contributed by atoms with Crippen molar-refractivity contribution in [3.8, 4) is 0 Å². The van der Waals surface area contributed by atoms with E-state index in [0.717, 1.165) is 12.5 Å². The molecule has 13 heavy (non-hydrogen) atoms. The first-order chi connectivity index (χ1) is 6.15. The van der Waals surface area contributed by atoms with Crippen LogP contribution in [0.3, 0.4) is 0 Å². The summed E-state index contributed by atoms with van der Waals surface area (Å²) < 4.78 is 2.28. The molecule has 1 unspecified atom stereocenters. The van der Waals surface area contributed by atoms with Crippen molar-refractivity contribution in [1.29, 1.82) is 0 Å². The first-order valence-electron chi connectivity index (χ1n) is 5.16. The van der Waals surface area contributed by atoms with Crippen molar-refractivity contribution in [2.24, 2.45) is 5.92 Å². The first-order valence-corrected chi connectivity index (χ1v) is 5.16. The van der Waals surface area contributed by atoms with Crippen LogP contribution in [-0.2, 0) is 6.54 Å². The number of imidazole rings is 1. The third-order valence-electron chi connectivity index (χ3n) is 2.47. The van der Waals surface area contributed by atoms with Crippen molar-refractivity contribution in [2.75, 3.05) is 0 Å². The fraction of sp³-hybridized carbons (Fsp3) is 0.727. The molecule has 0 aliphatic heterocycles. The predicted molar refractivity (Wildman–Crippen MR) is 55.8 cm³/mol. The van der Waals surface area contributed by atoms with E-state index in [0.29, 0.717) is 5.92 Å². The van der Waals surface area contributed by atoms with Gasteiger partial charge in [-0.3, -0.25) is 0 Å². The van der Waals surface area contributed by atoms with Crippen LogP contribution in [0.25, 0.3) is 0 Å². The molecule has 0 saturated carbocycles. The molecule has 0 bridgehead atoms. The molecule has 0 spiro atoms. The Bertz CT molecular complexity index is 250. The van der Waals surface area contributed by atoms with Gasteiger partial charge in [-0.15, -0.1) is 0 Å². The van der Waals surface area contributed by atoms with Gasteiger partial charge in [0.15, 0.2) is 0 Å². The molecule has 1 aromatic rings. The van der Waals surface area contributed by atoms with Gasteiger partial charge in [-0.25, -0.2) is 4.98 Å². The summed E-state index contributed by atoms with van der Waals surface area (Å²) in [5, 5.41) is 0. The Hall–Kier alpha value is -0.790. The van der Waals surface area contributed by atoms with E-state index in [1.165, 1.54) is 12.2 Å². The molecule has 1 aromatic heterocycles. The summed E-state index contributed by atoms with van der Waals surface area (Å²) >= 11 is 0. The number of hydrogen-bond acceptors (Lipinski definition) is 1. The molecule has 0 amide bonds. The lowest BCUT2D eigenvalue weighted by Gasteiger charge is -2.13. The number of rotatable bonds is 4. The van der Waals surface area contributed by atoms with Crippen LogP contribution in [0.5, 0.6) is 0 Å². The van der Waals surface area contributed by atoms with Gasteiger partial charge in [-0.05, 0) is 5.92 Å². The van der Waals surface area contributed by atoms with Crippen LogP contribution >= 0.6 is 0 Å². The van der Waals surface area contributed by atoms with Crippen LogP contribution in [0.4, 0.5) is 0 Å². The average Bonchev–Trinajstić information content (AvgIpc) is 2.52. The first kappa shape index (κ1) is 10.3. The Kier molecular flexibility index (Phi) is 3.52. The van der Waals surface area contributed by atoms with Gasteiger partial charge in [-0.2, -0.15) is 0 Å². The number of nitrogens with zero attached hydrogens (tertiary/aromatic N) is 2. The molecule has 0 aliphatic carbocycles. The predicted octanol–water partition coefficient (Wildman–Crippen LogP) is 3.05. The second-order valence-corrected chi connectivity index (χ2v) is 4.11. The van der Waals surface area contributed by atoms with Gasteiger partial charge >= 0.3 is 0 Å². The Morgan fingerprint density at radius 3 is 2.62 bits per heavy atom. The van der Waals surface area contributed by atoms with Gasteiger partial charge in [0.25, 0.3) is 0 Å². The maximum Gasteiger partial charge on any atom is 0.111 e. The fourth-order valence-electron chi connectivity index (χ4n) is 1.44. The normalized spacial score (nSPS) is 13.6. The molecule has 1 rings (SSSR count). The highest BCUT2D eigenvalue weighted by molar-refractivity contribution is 4.97. The maximum atomic E-state index is 4.37. The molecule has 0 aliphatic rings. The minimum atomic E-state index is 0.527. The summed E-state index contributed by atoms with van der Waals surface area (Å²) in [6, 6.07) is 0. The van der Waals surface area contributed by atoms with E-state index in [2.05, 4.69) is 43.4 Å². The van der Waals surface area contributed by atoms with Crippen LogP contribution in [0.2, 0.25) is 0 Å². The fourth-order valence-corrected chi connectivity index (χ4v) is 1.44. The van der Waals surface area contributed by atoms with Crippen molar-refractivity contribution < 1.29 is 0 Å². The SMILES string of the molecule is CCC(C)Cn1ccnc1C(C)C. The second kappa shape index (κ2) is 4.45. The molecule has 2 heteroatoms. The van der Waals surface area contributed by atoms with Crippen LogP contribution in [0.15, 0.2) is 12.4 Å². The zero-order valence-corrected chi connectivity index (χ0v) is 9.12. The molecule has 1 atom stereocenters. The average molecular weight is 180 g/mol. The van der Waals surface area contributed by atoms with Gasteiger partial charge < -0.3 is 4.57 Å². The van der Waals surface area contributed by atoms with Gasteiger partial charge in [0.1, 0.15) is 5.82 Å². The van der Waals surface area contributed by atoms with Crippen molar-refractivity contribution >= 4 is 0 Å². The molecule has 0 fully saturated rings. The highest BCUT2D eigenvalue weighted by atomic mass is 15.1. The maximum absolute atomic E-state index is 4.37. The molecule has 74 valence electrons. The second-order valence-electron chi connectivity index (χ2n) is 4.11. The summed E-state index contributed by atoms with van der Waals surface area (Å²) in [7, 11) is 0. The summed E-state index contributed by atoms with van der Waals surface area (Å²) in [4.78, 5) is 4.37. The van der Waals surface area contributed by atoms with Crippen molar-refractivity contribution in [3.63, 3.8) is 0 Å². The molecule has 0 aromatic carbocycles. The molecule has 1 heterocycles. The van der Waals surface area contributed by atoms with E-state index in [1.54, 1.807) is 0 Å². The monoisotopic (exact) mass is 180 g/mol. The number of hydrogen-bond donors (Lipinski definition) is 0. The third kappa shape index (κ3) is 2.58. The molecule has 0 N–H and O–H groups in total. The molecule has 0 radical (unpaired) electrons. The van der Waals surface area contributed by atoms with E-state index < -0.39 is 0 Å². The minimum Gasteiger partial charge on any atom is -0.334 e. The lowest BCUT2D eigenvalue weighted by atomic mass is 10.1. The van der Waals surface area contributed by atoms with Gasteiger partial charge in [0.2, 0.25) is 0 Å². The smallest absolute Gasteiger partial charge is 0.111 e. The quantitative estimate of drug-likeness (QED) is 0.696. The van der Waals surface area contributed by atoms with E-state index in [4.69, 9.17) is 0 Å². The van der Waals surface area contributed by atoms with Crippen molar-refractivity contribution in [2.45, 2.75) is 46.6 Å². The lowest BCUT2D eigenvalue weighted by Crippen LogP contribution is -2.10. The van der Waals surface area contributed by atoms with Crippen LogP contribution in [0.1, 0.15) is 45.9 Å². The number of aromatic nitrogens is 2. The van der Waals surface area contributed by atoms with Crippen LogP contribution < -0.4 is 0 Å². The largest absolute Gasteiger partial charge is 0.334 e. The summed E-state index contributed by atoms with van der Waals surface area (Å²) in [6.45, 7) is 10.00. The Balaban J connectivity index is 2.70. The van der Waals surface area contributed by atoms with E-state index >= 15 is 0 Å². The van der Waals surface area contributed by atoms with Crippen molar-refractivity contribution in [3.05, 3.63) is 18.2 Å². The summed E-state index contributed by atoms with van der Waals surface area (Å²) in [5.74, 6) is 2.48. The topological polar surface area (TPSA) is 17.8 Å². The Morgan fingerprint density at radius 1 is 1.38 bits per heavy atom. The van der Waals surface area contributed by atoms with E-state index in [-0.39, 0.29) is 0 Å². The van der Waals surface area contributed by atoms with Gasteiger partial charge in [0.05, 0.1) is 0 Å². The standard InChI is InChI=1S/C11H20N2/c1-5-10(4)8-13-7-6-12-11(13)9(2)3/h6-7,9-10H,5,8H2,1-4H3. The summed E-state index contributed by atoms with van der Waals surface area (Å²) in [6.07, 6.45) is 5.22. The highest BCUT2D eigenvalue weighted by Crippen LogP contribution is 2.14. The Labute approximate surface area is 81.0 Å². The van der Waals surface area contributed by atoms with Crippen LogP contribution in [0, 0.1) is 5.92 Å². The lowest BCUT2D eigenvalue weighted by molar-refractivity contribution is 0.452. The van der Waals surface area contributed by atoms with Gasteiger partial charge in [0, 0.05) is 24.9 Å². The molecular formula is C11H20N2. The molecule has 0 saturated heterocycles. The Morgan fingerprint density at radius 2 is 2.08 bits per heavy atom. The molecular weight excluding hydrogens is 160 g/mol. The zero-order valence-electron chi connectivity index (χ0n) is 9.12. The zero-order chi connectivity index (χ0) is 9.84.